The van der Waals surface area contributed by atoms with Gasteiger partial charge in [0.2, 0.25) is 0 Å². The highest BCUT2D eigenvalue weighted by molar-refractivity contribution is 6.02. The molecule has 24 heavy (non-hydrogen) atoms. The number of alkyl halides is 6. The molecule has 0 unspecified atom stereocenters. The number of benzene rings is 1. The van der Waals surface area contributed by atoms with E-state index >= 15 is 0 Å². The first kappa shape index (κ1) is 17.5. The summed E-state index contributed by atoms with van der Waals surface area (Å²) in [6, 6.07) is 2.55. The summed E-state index contributed by atoms with van der Waals surface area (Å²) in [5.74, 6) is -1.08. The quantitative estimate of drug-likeness (QED) is 0.817. The molecule has 5 nitrogen and oxygen atoms in total. The van der Waals surface area contributed by atoms with Gasteiger partial charge in [-0.25, -0.2) is 5.10 Å². The highest BCUT2D eigenvalue weighted by Crippen LogP contribution is 2.37. The summed E-state index contributed by atoms with van der Waals surface area (Å²) in [7, 11) is 0. The Morgan fingerprint density at radius 1 is 0.958 bits per heavy atom. The number of amides is 1. The SMILES string of the molecule is O=C(Nc1cc(C(F)(F)F)cc(C(F)(F)F)c1)c1ccc(=O)[nH]n1. The van der Waals surface area contributed by atoms with Gasteiger partial charge in [-0.3, -0.25) is 9.59 Å². The number of H-pyrrole nitrogens is 1. The summed E-state index contributed by atoms with van der Waals surface area (Å²) in [6.07, 6.45) is -10.1. The van der Waals surface area contributed by atoms with Crippen LogP contribution in [0.1, 0.15) is 21.6 Å². The summed E-state index contributed by atoms with van der Waals surface area (Å²) >= 11 is 0. The minimum Gasteiger partial charge on any atom is -0.321 e. The van der Waals surface area contributed by atoms with Crippen LogP contribution in [0.3, 0.4) is 0 Å². The van der Waals surface area contributed by atoms with Gasteiger partial charge in [0.05, 0.1) is 11.1 Å². The average Bonchev–Trinajstić information content (AvgIpc) is 2.45. The first-order chi connectivity index (χ1) is 11.0. The minimum absolute atomic E-state index is 0.0616. The Morgan fingerprint density at radius 3 is 1.92 bits per heavy atom. The molecular weight excluding hydrogens is 344 g/mol. The zero-order valence-electron chi connectivity index (χ0n) is 11.4. The topological polar surface area (TPSA) is 74.8 Å². The molecular formula is C13H7F6N3O2. The lowest BCUT2D eigenvalue weighted by Gasteiger charge is -2.14. The van der Waals surface area contributed by atoms with Crippen molar-refractivity contribution in [2.24, 2.45) is 0 Å². The molecule has 0 aliphatic carbocycles. The van der Waals surface area contributed by atoms with E-state index in [0.29, 0.717) is 12.1 Å². The van der Waals surface area contributed by atoms with E-state index in [0.717, 1.165) is 12.1 Å². The molecule has 1 amide bonds. The van der Waals surface area contributed by atoms with E-state index in [1.165, 1.54) is 0 Å². The van der Waals surface area contributed by atoms with Gasteiger partial charge in [-0.05, 0) is 24.3 Å². The number of nitrogens with one attached hydrogen (secondary N) is 2. The van der Waals surface area contributed by atoms with Crippen LogP contribution in [-0.4, -0.2) is 16.1 Å². The van der Waals surface area contributed by atoms with Crippen LogP contribution in [0.2, 0.25) is 0 Å². The van der Waals surface area contributed by atoms with Gasteiger partial charge in [0.25, 0.3) is 11.5 Å². The van der Waals surface area contributed by atoms with E-state index in [1.807, 2.05) is 10.4 Å². The summed E-state index contributed by atoms with van der Waals surface area (Å²) in [5.41, 5.74) is -4.87. The lowest BCUT2D eigenvalue weighted by molar-refractivity contribution is -0.143. The van der Waals surface area contributed by atoms with Gasteiger partial charge >= 0.3 is 12.4 Å². The van der Waals surface area contributed by atoms with Crippen molar-refractivity contribution in [1.29, 1.82) is 0 Å². The molecule has 0 atom stereocenters. The molecule has 1 aromatic heterocycles. The molecule has 1 aromatic carbocycles. The van der Waals surface area contributed by atoms with Crippen LogP contribution in [0.25, 0.3) is 0 Å². The smallest absolute Gasteiger partial charge is 0.321 e. The average molecular weight is 351 g/mol. The van der Waals surface area contributed by atoms with Gasteiger partial charge in [-0.1, -0.05) is 0 Å². The molecule has 2 N–H and O–H groups in total. The largest absolute Gasteiger partial charge is 0.416 e. The minimum atomic E-state index is -5.03. The summed E-state index contributed by atoms with van der Waals surface area (Å²) in [6.45, 7) is 0. The second-order valence-corrected chi connectivity index (χ2v) is 4.56. The summed E-state index contributed by atoms with van der Waals surface area (Å²) in [5, 5.41) is 7.11. The van der Waals surface area contributed by atoms with Crippen molar-refractivity contribution in [3.63, 3.8) is 0 Å². The number of hydrogen-bond acceptors (Lipinski definition) is 3. The van der Waals surface area contributed by atoms with Crippen molar-refractivity contribution in [3.8, 4) is 0 Å². The van der Waals surface area contributed by atoms with Crippen LogP contribution in [0, 0.1) is 0 Å². The zero-order valence-corrected chi connectivity index (χ0v) is 11.4. The van der Waals surface area contributed by atoms with E-state index in [9.17, 15) is 35.9 Å². The number of rotatable bonds is 2. The molecule has 0 radical (unpaired) electrons. The van der Waals surface area contributed by atoms with Crippen LogP contribution in [0.4, 0.5) is 32.0 Å². The number of aromatic nitrogens is 2. The highest BCUT2D eigenvalue weighted by atomic mass is 19.4. The Hall–Kier alpha value is -2.85. The maximum Gasteiger partial charge on any atom is 0.416 e. The molecule has 0 fully saturated rings. The van der Waals surface area contributed by atoms with Crippen LogP contribution in [0.15, 0.2) is 35.1 Å². The predicted molar refractivity (Wildman–Crippen MR) is 69.3 cm³/mol. The number of carbonyl (C=O) groups is 1. The maximum atomic E-state index is 12.7. The predicted octanol–water partition coefficient (Wildman–Crippen LogP) is 3.06. The van der Waals surface area contributed by atoms with Crippen molar-refractivity contribution < 1.29 is 31.1 Å². The second kappa shape index (κ2) is 5.98. The van der Waals surface area contributed by atoms with Crippen molar-refractivity contribution >= 4 is 11.6 Å². The monoisotopic (exact) mass is 351 g/mol. The second-order valence-electron chi connectivity index (χ2n) is 4.56. The van der Waals surface area contributed by atoms with E-state index in [2.05, 4.69) is 5.10 Å². The van der Waals surface area contributed by atoms with Crippen LogP contribution in [-0.2, 0) is 12.4 Å². The van der Waals surface area contributed by atoms with Gasteiger partial charge in [-0.2, -0.15) is 31.4 Å². The van der Waals surface area contributed by atoms with Crippen molar-refractivity contribution in [1.82, 2.24) is 10.2 Å². The Bertz CT molecular complexity index is 773. The third kappa shape index (κ3) is 4.12. The van der Waals surface area contributed by atoms with Gasteiger partial charge in [-0.15, -0.1) is 0 Å². The van der Waals surface area contributed by atoms with E-state index < -0.39 is 40.6 Å². The standard InChI is InChI=1S/C13H7F6N3O2/c14-12(15,16)6-3-7(13(17,18)19)5-8(4-6)20-11(24)9-1-2-10(23)22-21-9/h1-5H,(H,20,24)(H,22,23). The Kier molecular flexibility index (Phi) is 4.36. The first-order valence-electron chi connectivity index (χ1n) is 6.13. The van der Waals surface area contributed by atoms with Crippen molar-refractivity contribution in [2.75, 3.05) is 5.32 Å². The van der Waals surface area contributed by atoms with E-state index in [-0.39, 0.29) is 11.8 Å². The van der Waals surface area contributed by atoms with Crippen molar-refractivity contribution in [3.05, 3.63) is 57.5 Å². The van der Waals surface area contributed by atoms with Crippen LogP contribution < -0.4 is 10.9 Å². The highest BCUT2D eigenvalue weighted by Gasteiger charge is 2.37. The molecule has 2 aromatic rings. The van der Waals surface area contributed by atoms with Gasteiger partial charge in [0.1, 0.15) is 5.69 Å². The molecule has 0 aliphatic heterocycles. The van der Waals surface area contributed by atoms with Crippen LogP contribution in [0.5, 0.6) is 0 Å². The third-order valence-corrected chi connectivity index (χ3v) is 2.76. The first-order valence-corrected chi connectivity index (χ1v) is 6.13. The molecule has 0 spiro atoms. The lowest BCUT2D eigenvalue weighted by Crippen LogP contribution is -2.19. The van der Waals surface area contributed by atoms with Gasteiger partial charge in [0.15, 0.2) is 0 Å². The number of anilines is 1. The fourth-order valence-electron chi connectivity index (χ4n) is 1.69. The fourth-order valence-corrected chi connectivity index (χ4v) is 1.69. The number of aromatic amines is 1. The number of halogens is 6. The fraction of sp³-hybridized carbons (Fsp3) is 0.154. The molecule has 0 aliphatic rings. The normalized spacial score (nSPS) is 12.1. The van der Waals surface area contributed by atoms with E-state index in [4.69, 9.17) is 0 Å². The summed E-state index contributed by atoms with van der Waals surface area (Å²) in [4.78, 5) is 22.6. The molecule has 1 heterocycles. The molecule has 11 heteroatoms. The van der Waals surface area contributed by atoms with Crippen LogP contribution >= 0.6 is 0 Å². The Labute approximate surface area is 129 Å². The summed E-state index contributed by atoms with van der Waals surface area (Å²) < 4.78 is 76.3. The molecule has 0 bridgehead atoms. The Balaban J connectivity index is 2.40. The molecule has 2 rings (SSSR count). The zero-order chi connectivity index (χ0) is 18.1. The molecule has 0 saturated carbocycles. The van der Waals surface area contributed by atoms with Crippen molar-refractivity contribution in [2.45, 2.75) is 12.4 Å². The molecule has 128 valence electrons. The molecule has 0 saturated heterocycles. The number of hydrogen-bond donors (Lipinski definition) is 2. The Morgan fingerprint density at radius 2 is 1.50 bits per heavy atom. The maximum absolute atomic E-state index is 12.7. The number of carbonyl (C=O) groups excluding carboxylic acids is 1. The lowest BCUT2D eigenvalue weighted by atomic mass is 10.1. The van der Waals surface area contributed by atoms with Gasteiger partial charge < -0.3 is 5.32 Å². The third-order valence-electron chi connectivity index (χ3n) is 2.76. The number of nitrogens with zero attached hydrogens (tertiary/aromatic N) is 1. The van der Waals surface area contributed by atoms with E-state index in [1.54, 1.807) is 0 Å². The van der Waals surface area contributed by atoms with Gasteiger partial charge in [0, 0.05) is 11.8 Å².